The van der Waals surface area contributed by atoms with Crippen molar-refractivity contribution in [1.82, 2.24) is 10.2 Å². The van der Waals surface area contributed by atoms with Crippen LogP contribution in [0.15, 0.2) is 0 Å². The molecule has 0 aromatic carbocycles. The van der Waals surface area contributed by atoms with Gasteiger partial charge in [-0.3, -0.25) is 0 Å². The van der Waals surface area contributed by atoms with Crippen LogP contribution >= 0.6 is 0 Å². The highest BCUT2D eigenvalue weighted by Crippen LogP contribution is 2.09. The minimum absolute atomic E-state index is 0.672. The maximum absolute atomic E-state index is 3.72. The lowest BCUT2D eigenvalue weighted by molar-refractivity contribution is 0.237. The number of nitrogens with zero attached hydrogens (tertiary/aromatic N) is 1. The molecule has 0 aliphatic heterocycles. The fourth-order valence-electron chi connectivity index (χ4n) is 2.12. The predicted octanol–water partition coefficient (Wildman–Crippen LogP) is 3.13. The molecule has 1 N–H and O–H groups in total. The number of hydrogen-bond donors (Lipinski definition) is 1. The average molecular weight is 228 g/mol. The minimum Gasteiger partial charge on any atom is -0.312 e. The maximum atomic E-state index is 3.72. The Labute approximate surface area is 103 Å². The van der Waals surface area contributed by atoms with Crippen molar-refractivity contribution in [3.05, 3.63) is 0 Å². The second-order valence-corrected chi connectivity index (χ2v) is 5.55. The van der Waals surface area contributed by atoms with Crippen molar-refractivity contribution in [2.24, 2.45) is 5.92 Å². The molecule has 0 rings (SSSR count). The first-order valence-electron chi connectivity index (χ1n) is 6.91. The molecule has 0 saturated heterocycles. The molecule has 0 saturated carbocycles. The second-order valence-electron chi connectivity index (χ2n) is 5.55. The van der Waals surface area contributed by atoms with Crippen LogP contribution in [0.5, 0.6) is 0 Å². The van der Waals surface area contributed by atoms with Crippen LogP contribution in [0, 0.1) is 5.92 Å². The van der Waals surface area contributed by atoms with Gasteiger partial charge in [-0.15, -0.1) is 0 Å². The summed E-state index contributed by atoms with van der Waals surface area (Å²) in [5.41, 5.74) is 0. The Kier molecular flexibility index (Phi) is 8.96. The normalized spacial score (nSPS) is 15.8. The van der Waals surface area contributed by atoms with Gasteiger partial charge in [0.25, 0.3) is 0 Å². The van der Waals surface area contributed by atoms with E-state index in [0.717, 1.165) is 12.5 Å². The van der Waals surface area contributed by atoms with E-state index >= 15 is 0 Å². The molecular weight excluding hydrogens is 196 g/mol. The van der Waals surface area contributed by atoms with Crippen molar-refractivity contribution in [1.29, 1.82) is 0 Å². The topological polar surface area (TPSA) is 15.3 Å². The van der Waals surface area contributed by atoms with E-state index in [-0.39, 0.29) is 0 Å². The van der Waals surface area contributed by atoms with Gasteiger partial charge in [-0.05, 0) is 39.3 Å². The monoisotopic (exact) mass is 228 g/mol. The quantitative estimate of drug-likeness (QED) is 0.652. The highest BCUT2D eigenvalue weighted by molar-refractivity contribution is 4.74. The van der Waals surface area contributed by atoms with Crippen molar-refractivity contribution < 1.29 is 0 Å². The fraction of sp³-hybridized carbons (Fsp3) is 1.00. The molecule has 0 radical (unpaired) electrons. The molecule has 16 heavy (non-hydrogen) atoms. The smallest absolute Gasteiger partial charge is 0.0217 e. The molecule has 0 amide bonds. The van der Waals surface area contributed by atoms with Gasteiger partial charge in [-0.2, -0.15) is 0 Å². The zero-order valence-electron chi connectivity index (χ0n) is 12.2. The summed E-state index contributed by atoms with van der Waals surface area (Å²) in [5.74, 6) is 0.778. The minimum atomic E-state index is 0.672. The number of likely N-dealkylation sites (N-methyl/N-ethyl adjacent to an activating group) is 1. The van der Waals surface area contributed by atoms with E-state index < -0.39 is 0 Å². The third kappa shape index (κ3) is 7.24. The zero-order chi connectivity index (χ0) is 12.6. The third-order valence-corrected chi connectivity index (χ3v) is 3.25. The predicted molar refractivity (Wildman–Crippen MR) is 73.9 cm³/mol. The molecule has 0 aliphatic rings. The molecule has 98 valence electrons. The van der Waals surface area contributed by atoms with Crippen LogP contribution in [0.4, 0.5) is 0 Å². The number of nitrogens with one attached hydrogen (secondary N) is 1. The molecule has 0 aromatic rings. The average Bonchev–Trinajstić information content (AvgIpc) is 2.21. The third-order valence-electron chi connectivity index (χ3n) is 3.25. The first-order valence-corrected chi connectivity index (χ1v) is 6.91. The Morgan fingerprint density at radius 3 is 2.12 bits per heavy atom. The molecule has 0 bridgehead atoms. The summed E-state index contributed by atoms with van der Waals surface area (Å²) < 4.78 is 0. The van der Waals surface area contributed by atoms with Gasteiger partial charge in [0, 0.05) is 18.6 Å². The molecule has 2 atom stereocenters. The van der Waals surface area contributed by atoms with E-state index in [0.29, 0.717) is 12.1 Å². The fourth-order valence-corrected chi connectivity index (χ4v) is 2.12. The molecule has 2 unspecified atom stereocenters. The molecule has 2 nitrogen and oxygen atoms in total. The van der Waals surface area contributed by atoms with E-state index in [2.05, 4.69) is 52.0 Å². The summed E-state index contributed by atoms with van der Waals surface area (Å²) in [6.07, 6.45) is 5.11. The zero-order valence-corrected chi connectivity index (χ0v) is 12.2. The Hall–Kier alpha value is -0.0800. The number of hydrogen-bond acceptors (Lipinski definition) is 2. The molecule has 0 aliphatic carbocycles. The van der Waals surface area contributed by atoms with Gasteiger partial charge in [0.15, 0.2) is 0 Å². The molecule has 2 heteroatoms. The standard InChI is InChI=1S/C14H32N2/c1-7-9-13(8-2)15-11-14(16(5)6)10-12(3)4/h12-15H,7-11H2,1-6H3. The summed E-state index contributed by atoms with van der Waals surface area (Å²) in [5, 5.41) is 3.72. The van der Waals surface area contributed by atoms with Crippen LogP contribution in [0.25, 0.3) is 0 Å². The Bertz CT molecular complexity index is 155. The number of rotatable bonds is 9. The Morgan fingerprint density at radius 2 is 1.75 bits per heavy atom. The first kappa shape index (κ1) is 15.9. The van der Waals surface area contributed by atoms with Crippen LogP contribution < -0.4 is 5.32 Å². The summed E-state index contributed by atoms with van der Waals surface area (Å²) in [6, 6.07) is 1.38. The molecule has 0 spiro atoms. The lowest BCUT2D eigenvalue weighted by Gasteiger charge is -2.28. The largest absolute Gasteiger partial charge is 0.312 e. The maximum Gasteiger partial charge on any atom is 0.0217 e. The lowest BCUT2D eigenvalue weighted by atomic mass is 10.0. The molecular formula is C14H32N2. The van der Waals surface area contributed by atoms with Crippen molar-refractivity contribution in [3.63, 3.8) is 0 Å². The summed E-state index contributed by atoms with van der Waals surface area (Å²) >= 11 is 0. The van der Waals surface area contributed by atoms with Gasteiger partial charge in [-0.1, -0.05) is 34.1 Å². The van der Waals surface area contributed by atoms with Crippen molar-refractivity contribution in [3.8, 4) is 0 Å². The van der Waals surface area contributed by atoms with Gasteiger partial charge < -0.3 is 10.2 Å². The van der Waals surface area contributed by atoms with E-state index in [9.17, 15) is 0 Å². The summed E-state index contributed by atoms with van der Waals surface area (Å²) in [6.45, 7) is 10.3. The Balaban J connectivity index is 3.99. The van der Waals surface area contributed by atoms with Crippen LogP contribution in [-0.4, -0.2) is 37.6 Å². The van der Waals surface area contributed by atoms with E-state index in [1.54, 1.807) is 0 Å². The van der Waals surface area contributed by atoms with Crippen molar-refractivity contribution >= 4 is 0 Å². The van der Waals surface area contributed by atoms with E-state index in [1.165, 1.54) is 25.7 Å². The molecule has 0 fully saturated rings. The molecule has 0 aromatic heterocycles. The van der Waals surface area contributed by atoms with Gasteiger partial charge >= 0.3 is 0 Å². The summed E-state index contributed by atoms with van der Waals surface area (Å²) in [7, 11) is 4.38. The van der Waals surface area contributed by atoms with Crippen molar-refractivity contribution in [2.45, 2.75) is 65.5 Å². The highest BCUT2D eigenvalue weighted by atomic mass is 15.1. The van der Waals surface area contributed by atoms with Gasteiger partial charge in [0.1, 0.15) is 0 Å². The van der Waals surface area contributed by atoms with Gasteiger partial charge in [0.05, 0.1) is 0 Å². The van der Waals surface area contributed by atoms with Gasteiger partial charge in [0.2, 0.25) is 0 Å². The van der Waals surface area contributed by atoms with Crippen LogP contribution in [-0.2, 0) is 0 Å². The van der Waals surface area contributed by atoms with E-state index in [4.69, 9.17) is 0 Å². The second kappa shape index (κ2) is 9.00. The van der Waals surface area contributed by atoms with Crippen LogP contribution in [0.1, 0.15) is 53.4 Å². The van der Waals surface area contributed by atoms with Crippen molar-refractivity contribution in [2.75, 3.05) is 20.6 Å². The summed E-state index contributed by atoms with van der Waals surface area (Å²) in [4.78, 5) is 2.35. The van der Waals surface area contributed by atoms with Crippen LogP contribution in [0.2, 0.25) is 0 Å². The van der Waals surface area contributed by atoms with E-state index in [1.807, 2.05) is 0 Å². The molecule has 0 heterocycles. The lowest BCUT2D eigenvalue weighted by Crippen LogP contribution is -2.42. The Morgan fingerprint density at radius 1 is 1.12 bits per heavy atom. The van der Waals surface area contributed by atoms with Gasteiger partial charge in [-0.25, -0.2) is 0 Å². The first-order chi connectivity index (χ1) is 7.51. The van der Waals surface area contributed by atoms with Crippen LogP contribution in [0.3, 0.4) is 0 Å². The SMILES string of the molecule is CCCC(CC)NCC(CC(C)C)N(C)C. The highest BCUT2D eigenvalue weighted by Gasteiger charge is 2.14.